The lowest BCUT2D eigenvalue weighted by Gasteiger charge is -2.11. The van der Waals surface area contributed by atoms with Gasteiger partial charge in [0.2, 0.25) is 0 Å². The minimum absolute atomic E-state index is 0.231. The number of thioether (sulfide) groups is 1. The second kappa shape index (κ2) is 9.39. The smallest absolute Gasteiger partial charge is 0.293 e. The van der Waals surface area contributed by atoms with E-state index in [9.17, 15) is 9.59 Å². The summed E-state index contributed by atoms with van der Waals surface area (Å²) in [5.41, 5.74) is 1.95. The average Bonchev–Trinajstić information content (AvgIpc) is 2.96. The summed E-state index contributed by atoms with van der Waals surface area (Å²) in [4.78, 5) is 26.1. The van der Waals surface area contributed by atoms with Crippen molar-refractivity contribution in [1.29, 1.82) is 0 Å². The number of rotatable bonds is 8. The highest BCUT2D eigenvalue weighted by molar-refractivity contribution is 8.18. The van der Waals surface area contributed by atoms with Gasteiger partial charge in [-0.3, -0.25) is 14.5 Å². The highest BCUT2D eigenvalue weighted by Crippen LogP contribution is 2.32. The molecule has 2 aromatic carbocycles. The monoisotopic (exact) mass is 383 g/mol. The number of imide groups is 1. The van der Waals surface area contributed by atoms with Gasteiger partial charge in [-0.25, -0.2) is 0 Å². The van der Waals surface area contributed by atoms with Crippen molar-refractivity contribution in [2.75, 3.05) is 20.3 Å². The molecule has 6 heteroatoms. The number of nitrogens with zero attached hydrogens (tertiary/aromatic N) is 1. The molecule has 27 heavy (non-hydrogen) atoms. The van der Waals surface area contributed by atoms with Crippen molar-refractivity contribution in [3.05, 3.63) is 70.6 Å². The van der Waals surface area contributed by atoms with Gasteiger partial charge in [0.05, 0.1) is 4.91 Å². The summed E-state index contributed by atoms with van der Waals surface area (Å²) in [6.45, 7) is 1.40. The Hall–Kier alpha value is -2.57. The Morgan fingerprint density at radius 2 is 1.78 bits per heavy atom. The van der Waals surface area contributed by atoms with Gasteiger partial charge >= 0.3 is 0 Å². The lowest BCUT2D eigenvalue weighted by atomic mass is 10.2. The van der Waals surface area contributed by atoms with Crippen LogP contribution in [0.25, 0.3) is 6.08 Å². The largest absolute Gasteiger partial charge is 0.489 e. The molecule has 0 saturated carbocycles. The highest BCUT2D eigenvalue weighted by atomic mass is 32.2. The van der Waals surface area contributed by atoms with Crippen molar-refractivity contribution in [3.8, 4) is 5.75 Å². The molecule has 2 amide bonds. The molecule has 3 rings (SSSR count). The molecule has 1 aliphatic heterocycles. The van der Waals surface area contributed by atoms with E-state index in [1.807, 2.05) is 54.6 Å². The summed E-state index contributed by atoms with van der Waals surface area (Å²) in [5.74, 6) is 0.509. The number of carbonyl (C=O) groups excluding carboxylic acids is 2. The van der Waals surface area contributed by atoms with Gasteiger partial charge in [0.15, 0.2) is 0 Å². The van der Waals surface area contributed by atoms with E-state index >= 15 is 0 Å². The van der Waals surface area contributed by atoms with Crippen LogP contribution in [-0.2, 0) is 16.1 Å². The van der Waals surface area contributed by atoms with Crippen molar-refractivity contribution in [2.45, 2.75) is 13.0 Å². The second-order valence-electron chi connectivity index (χ2n) is 6.02. The van der Waals surface area contributed by atoms with Crippen LogP contribution in [0.2, 0.25) is 0 Å². The zero-order valence-corrected chi connectivity index (χ0v) is 15.9. The maximum Gasteiger partial charge on any atom is 0.293 e. The van der Waals surface area contributed by atoms with E-state index in [-0.39, 0.29) is 11.1 Å². The van der Waals surface area contributed by atoms with Crippen molar-refractivity contribution in [1.82, 2.24) is 4.90 Å². The molecular weight excluding hydrogens is 362 g/mol. The quantitative estimate of drug-likeness (QED) is 0.501. The van der Waals surface area contributed by atoms with Gasteiger partial charge in [-0.2, -0.15) is 0 Å². The fraction of sp³-hybridized carbons (Fsp3) is 0.238. The minimum Gasteiger partial charge on any atom is -0.489 e. The Bertz CT molecular complexity index is 818. The number of amides is 2. The van der Waals surface area contributed by atoms with Crippen LogP contribution in [-0.4, -0.2) is 36.3 Å². The molecule has 140 valence electrons. The average molecular weight is 383 g/mol. The third kappa shape index (κ3) is 5.21. The van der Waals surface area contributed by atoms with Crippen molar-refractivity contribution >= 4 is 29.0 Å². The summed E-state index contributed by atoms with van der Waals surface area (Å²) < 4.78 is 10.7. The lowest BCUT2D eigenvalue weighted by molar-refractivity contribution is -0.122. The van der Waals surface area contributed by atoms with Crippen LogP contribution in [0.3, 0.4) is 0 Å². The Morgan fingerprint density at radius 1 is 1.04 bits per heavy atom. The van der Waals surface area contributed by atoms with Crippen LogP contribution >= 0.6 is 11.8 Å². The third-order valence-electron chi connectivity index (χ3n) is 4.03. The van der Waals surface area contributed by atoms with Gasteiger partial charge in [0.1, 0.15) is 12.4 Å². The van der Waals surface area contributed by atoms with Gasteiger partial charge in [0, 0.05) is 20.3 Å². The van der Waals surface area contributed by atoms with Gasteiger partial charge in [0.25, 0.3) is 11.1 Å². The second-order valence-corrected chi connectivity index (χ2v) is 7.02. The van der Waals surface area contributed by atoms with Crippen LogP contribution in [0, 0.1) is 0 Å². The van der Waals surface area contributed by atoms with Crippen molar-refractivity contribution < 1.29 is 19.1 Å². The van der Waals surface area contributed by atoms with E-state index in [0.717, 1.165) is 28.6 Å². The standard InChI is InChI=1S/C21H21NO4S/c1-25-13-5-12-22-20(23)19(27-21(22)24)14-16-8-10-18(11-9-16)26-15-17-6-3-2-4-7-17/h2-4,6-11,14H,5,12-13,15H2,1H3/b19-14+. The first-order chi connectivity index (χ1) is 13.2. The van der Waals surface area contributed by atoms with Gasteiger partial charge in [-0.05, 0) is 47.5 Å². The fourth-order valence-electron chi connectivity index (χ4n) is 2.61. The molecule has 1 fully saturated rings. The molecule has 0 spiro atoms. The van der Waals surface area contributed by atoms with Crippen LogP contribution in [0.15, 0.2) is 59.5 Å². The van der Waals surface area contributed by atoms with E-state index in [2.05, 4.69) is 0 Å². The van der Waals surface area contributed by atoms with E-state index in [0.29, 0.717) is 31.1 Å². The first-order valence-corrected chi connectivity index (χ1v) is 9.50. The zero-order valence-electron chi connectivity index (χ0n) is 15.1. The number of carbonyl (C=O) groups is 2. The number of methoxy groups -OCH3 is 1. The number of hydrogen-bond acceptors (Lipinski definition) is 5. The predicted molar refractivity (Wildman–Crippen MR) is 106 cm³/mol. The highest BCUT2D eigenvalue weighted by Gasteiger charge is 2.34. The maximum absolute atomic E-state index is 12.4. The molecule has 1 saturated heterocycles. The Morgan fingerprint density at radius 3 is 2.48 bits per heavy atom. The summed E-state index contributed by atoms with van der Waals surface area (Å²) in [6, 6.07) is 17.4. The van der Waals surface area contributed by atoms with Crippen LogP contribution in [0.5, 0.6) is 5.75 Å². The number of hydrogen-bond donors (Lipinski definition) is 0. The molecule has 1 aliphatic rings. The molecule has 0 unspecified atom stereocenters. The van der Waals surface area contributed by atoms with Crippen molar-refractivity contribution in [3.63, 3.8) is 0 Å². The lowest BCUT2D eigenvalue weighted by Crippen LogP contribution is -2.29. The summed E-state index contributed by atoms with van der Waals surface area (Å²) in [7, 11) is 1.60. The molecule has 0 aromatic heterocycles. The fourth-order valence-corrected chi connectivity index (χ4v) is 3.48. The maximum atomic E-state index is 12.4. The molecule has 1 heterocycles. The molecule has 0 bridgehead atoms. The first kappa shape index (κ1) is 19.2. The van der Waals surface area contributed by atoms with Crippen LogP contribution in [0.4, 0.5) is 4.79 Å². The molecule has 0 N–H and O–H groups in total. The Balaban J connectivity index is 1.60. The molecule has 0 radical (unpaired) electrons. The topological polar surface area (TPSA) is 55.8 Å². The van der Waals surface area contributed by atoms with E-state index < -0.39 is 0 Å². The predicted octanol–water partition coefficient (Wildman–Crippen LogP) is 4.34. The Labute approximate surface area is 163 Å². The summed E-state index contributed by atoms with van der Waals surface area (Å²) in [6.07, 6.45) is 2.37. The number of benzene rings is 2. The summed E-state index contributed by atoms with van der Waals surface area (Å²) in [5, 5.41) is -0.231. The summed E-state index contributed by atoms with van der Waals surface area (Å²) >= 11 is 0.973. The zero-order chi connectivity index (χ0) is 19.1. The first-order valence-electron chi connectivity index (χ1n) is 8.68. The molecular formula is C21H21NO4S. The van der Waals surface area contributed by atoms with E-state index in [4.69, 9.17) is 9.47 Å². The normalized spacial score (nSPS) is 15.6. The minimum atomic E-state index is -0.245. The van der Waals surface area contributed by atoms with Crippen LogP contribution in [0.1, 0.15) is 17.5 Å². The van der Waals surface area contributed by atoms with Gasteiger partial charge in [-0.1, -0.05) is 42.5 Å². The Kier molecular flexibility index (Phi) is 6.68. The van der Waals surface area contributed by atoms with Crippen molar-refractivity contribution in [2.24, 2.45) is 0 Å². The molecule has 0 aliphatic carbocycles. The molecule has 5 nitrogen and oxygen atoms in total. The number of ether oxygens (including phenoxy) is 2. The van der Waals surface area contributed by atoms with Gasteiger partial charge in [-0.15, -0.1) is 0 Å². The molecule has 0 atom stereocenters. The van der Waals surface area contributed by atoms with Crippen LogP contribution < -0.4 is 4.74 Å². The van der Waals surface area contributed by atoms with Gasteiger partial charge < -0.3 is 9.47 Å². The van der Waals surface area contributed by atoms with E-state index in [1.165, 1.54) is 4.90 Å². The third-order valence-corrected chi connectivity index (χ3v) is 4.94. The van der Waals surface area contributed by atoms with E-state index in [1.54, 1.807) is 13.2 Å². The SMILES string of the molecule is COCCCN1C(=O)S/C(=C/c2ccc(OCc3ccccc3)cc2)C1=O. The molecule has 2 aromatic rings.